The van der Waals surface area contributed by atoms with Gasteiger partial charge in [0.05, 0.1) is 25.4 Å². The van der Waals surface area contributed by atoms with Crippen LogP contribution in [0.2, 0.25) is 0 Å². The van der Waals surface area contributed by atoms with Crippen molar-refractivity contribution in [1.29, 1.82) is 0 Å². The average Bonchev–Trinajstić information content (AvgIpc) is 2.66. The fraction of sp³-hybridized carbons (Fsp3) is 0.333. The molecule has 2 heterocycles. The Bertz CT molecular complexity index is 815. The Kier molecular flexibility index (Phi) is 5.52. The lowest BCUT2D eigenvalue weighted by Crippen LogP contribution is -2.42. The molecule has 1 N–H and O–H groups in total. The molecule has 0 saturated carbocycles. The van der Waals surface area contributed by atoms with Crippen molar-refractivity contribution in [1.82, 2.24) is 20.2 Å². The van der Waals surface area contributed by atoms with E-state index in [9.17, 15) is 14.0 Å². The fourth-order valence-corrected chi connectivity index (χ4v) is 2.68. The van der Waals surface area contributed by atoms with Crippen molar-refractivity contribution in [2.45, 2.75) is 19.6 Å². The Balaban J connectivity index is 1.71. The van der Waals surface area contributed by atoms with E-state index in [4.69, 9.17) is 4.74 Å². The Morgan fingerprint density at radius 1 is 1.38 bits per heavy atom. The molecule has 2 aromatic rings. The van der Waals surface area contributed by atoms with Crippen molar-refractivity contribution in [2.24, 2.45) is 0 Å². The number of ether oxygens (including phenoxy) is 1. The summed E-state index contributed by atoms with van der Waals surface area (Å²) in [6, 6.07) is 7.32. The molecule has 0 bridgehead atoms. The minimum absolute atomic E-state index is 0.147. The van der Waals surface area contributed by atoms with Gasteiger partial charge in [-0.05, 0) is 24.3 Å². The number of nitrogens with one attached hydrogen (secondary N) is 1. The summed E-state index contributed by atoms with van der Waals surface area (Å²) in [5.41, 5.74) is 0.952. The van der Waals surface area contributed by atoms with E-state index in [1.807, 2.05) is 0 Å². The molecule has 1 aromatic carbocycles. The van der Waals surface area contributed by atoms with E-state index in [0.29, 0.717) is 36.8 Å². The average molecular weight is 358 g/mol. The molecule has 1 fully saturated rings. The van der Waals surface area contributed by atoms with Crippen molar-refractivity contribution in [3.8, 4) is 0 Å². The molecule has 1 aromatic heterocycles. The van der Waals surface area contributed by atoms with E-state index in [-0.39, 0.29) is 18.4 Å². The summed E-state index contributed by atoms with van der Waals surface area (Å²) in [7, 11) is 0. The minimum Gasteiger partial charge on any atom is -0.367 e. The predicted molar refractivity (Wildman–Crippen MR) is 90.5 cm³/mol. The van der Waals surface area contributed by atoms with E-state index in [2.05, 4.69) is 15.3 Å². The van der Waals surface area contributed by atoms with E-state index < -0.39 is 11.9 Å². The Morgan fingerprint density at radius 2 is 2.23 bits per heavy atom. The molecule has 1 aliphatic rings. The number of carbonyl (C=O) groups excluding carboxylic acids is 2. The van der Waals surface area contributed by atoms with Crippen LogP contribution in [0.15, 0.2) is 36.5 Å². The molecule has 26 heavy (non-hydrogen) atoms. The Labute approximate surface area is 150 Å². The lowest BCUT2D eigenvalue weighted by Gasteiger charge is -2.32. The van der Waals surface area contributed by atoms with Gasteiger partial charge < -0.3 is 15.0 Å². The highest BCUT2D eigenvalue weighted by Crippen LogP contribution is 2.21. The van der Waals surface area contributed by atoms with Crippen LogP contribution in [0.3, 0.4) is 0 Å². The van der Waals surface area contributed by atoms with Crippen LogP contribution in [0.5, 0.6) is 0 Å². The molecular formula is C18H19FN4O3. The summed E-state index contributed by atoms with van der Waals surface area (Å²) >= 11 is 0. The fourth-order valence-electron chi connectivity index (χ4n) is 2.68. The zero-order valence-electron chi connectivity index (χ0n) is 14.3. The second-order valence-electron chi connectivity index (χ2n) is 5.94. The molecule has 8 heteroatoms. The normalized spacial score (nSPS) is 17.0. The highest BCUT2D eigenvalue weighted by molar-refractivity contribution is 5.94. The standard InChI is InChI=1S/C18H19FN4O3/c1-12(24)21-10-15-5-6-20-17(22-15)16-11-23(7-8-26-16)18(25)13-3-2-4-14(19)9-13/h2-6,9,16H,7-8,10-11H2,1H3,(H,21,24)/t16-/m0/s1. The Morgan fingerprint density at radius 3 is 3.00 bits per heavy atom. The van der Waals surface area contributed by atoms with Gasteiger partial charge in [-0.2, -0.15) is 0 Å². The van der Waals surface area contributed by atoms with Crippen LogP contribution in [0, 0.1) is 5.82 Å². The van der Waals surface area contributed by atoms with Gasteiger partial charge in [0.1, 0.15) is 11.9 Å². The number of morpholine rings is 1. The maximum Gasteiger partial charge on any atom is 0.254 e. The molecule has 3 rings (SSSR count). The van der Waals surface area contributed by atoms with E-state index in [1.54, 1.807) is 23.2 Å². The molecule has 136 valence electrons. The molecule has 7 nitrogen and oxygen atoms in total. The number of benzene rings is 1. The number of amides is 2. The third-order valence-electron chi connectivity index (χ3n) is 3.96. The molecule has 0 radical (unpaired) electrons. The first-order chi connectivity index (χ1) is 12.5. The molecule has 2 amide bonds. The minimum atomic E-state index is -0.474. The highest BCUT2D eigenvalue weighted by atomic mass is 19.1. The molecule has 0 aliphatic carbocycles. The van der Waals surface area contributed by atoms with E-state index >= 15 is 0 Å². The van der Waals surface area contributed by atoms with E-state index in [0.717, 1.165) is 0 Å². The largest absolute Gasteiger partial charge is 0.367 e. The van der Waals surface area contributed by atoms with Crippen LogP contribution >= 0.6 is 0 Å². The van der Waals surface area contributed by atoms with Gasteiger partial charge in [-0.3, -0.25) is 9.59 Å². The number of rotatable bonds is 4. The lowest BCUT2D eigenvalue weighted by molar-refractivity contribution is -0.119. The molecule has 0 spiro atoms. The summed E-state index contributed by atoms with van der Waals surface area (Å²) in [4.78, 5) is 33.8. The third-order valence-corrected chi connectivity index (χ3v) is 3.96. The summed E-state index contributed by atoms with van der Waals surface area (Å²) in [6.45, 7) is 2.76. The van der Waals surface area contributed by atoms with Gasteiger partial charge in [0, 0.05) is 25.2 Å². The SMILES string of the molecule is CC(=O)NCc1ccnc([C@@H]2CN(C(=O)c3cccc(F)c3)CCO2)n1. The molecule has 1 atom stereocenters. The Hall–Kier alpha value is -2.87. The zero-order valence-corrected chi connectivity index (χ0v) is 14.3. The van der Waals surface area contributed by atoms with Crippen LogP contribution in [0.1, 0.15) is 34.9 Å². The van der Waals surface area contributed by atoms with Gasteiger partial charge in [0.25, 0.3) is 5.91 Å². The van der Waals surface area contributed by atoms with Gasteiger partial charge in [-0.1, -0.05) is 6.07 Å². The molecular weight excluding hydrogens is 339 g/mol. The number of aromatic nitrogens is 2. The van der Waals surface area contributed by atoms with E-state index in [1.165, 1.54) is 25.1 Å². The molecule has 1 saturated heterocycles. The zero-order chi connectivity index (χ0) is 18.5. The second-order valence-corrected chi connectivity index (χ2v) is 5.94. The summed E-state index contributed by atoms with van der Waals surface area (Å²) < 4.78 is 19.1. The summed E-state index contributed by atoms with van der Waals surface area (Å²) in [5.74, 6) is -0.405. The number of hydrogen-bond acceptors (Lipinski definition) is 5. The van der Waals surface area contributed by atoms with Gasteiger partial charge in [0.2, 0.25) is 5.91 Å². The maximum atomic E-state index is 13.4. The summed E-state index contributed by atoms with van der Waals surface area (Å²) in [5, 5.41) is 2.68. The maximum absolute atomic E-state index is 13.4. The first-order valence-corrected chi connectivity index (χ1v) is 8.25. The van der Waals surface area contributed by atoms with Gasteiger partial charge >= 0.3 is 0 Å². The number of hydrogen-bond donors (Lipinski definition) is 1. The van der Waals surface area contributed by atoms with Crippen molar-refractivity contribution in [3.05, 3.63) is 59.4 Å². The monoisotopic (exact) mass is 358 g/mol. The van der Waals surface area contributed by atoms with Crippen LogP contribution in [-0.4, -0.2) is 46.4 Å². The van der Waals surface area contributed by atoms with Crippen molar-refractivity contribution < 1.29 is 18.7 Å². The molecule has 0 unspecified atom stereocenters. The van der Waals surface area contributed by atoms with Crippen LogP contribution in [0.4, 0.5) is 4.39 Å². The van der Waals surface area contributed by atoms with Crippen molar-refractivity contribution in [2.75, 3.05) is 19.7 Å². The van der Waals surface area contributed by atoms with Crippen LogP contribution < -0.4 is 5.32 Å². The smallest absolute Gasteiger partial charge is 0.254 e. The topological polar surface area (TPSA) is 84.4 Å². The van der Waals surface area contributed by atoms with Gasteiger partial charge in [-0.25, -0.2) is 14.4 Å². The number of halogens is 1. The van der Waals surface area contributed by atoms with Crippen LogP contribution in [-0.2, 0) is 16.1 Å². The van der Waals surface area contributed by atoms with Crippen molar-refractivity contribution in [3.63, 3.8) is 0 Å². The van der Waals surface area contributed by atoms with Crippen molar-refractivity contribution >= 4 is 11.8 Å². The second kappa shape index (κ2) is 8.01. The van der Waals surface area contributed by atoms with Gasteiger partial charge in [-0.15, -0.1) is 0 Å². The quantitative estimate of drug-likeness (QED) is 0.895. The lowest BCUT2D eigenvalue weighted by atomic mass is 10.1. The first-order valence-electron chi connectivity index (χ1n) is 8.25. The predicted octanol–water partition coefficient (Wildman–Crippen LogP) is 1.47. The van der Waals surface area contributed by atoms with Crippen LogP contribution in [0.25, 0.3) is 0 Å². The summed E-state index contributed by atoms with van der Waals surface area (Å²) in [6.07, 6.45) is 1.12. The first kappa shape index (κ1) is 17.9. The third kappa shape index (κ3) is 4.40. The highest BCUT2D eigenvalue weighted by Gasteiger charge is 2.28. The van der Waals surface area contributed by atoms with Gasteiger partial charge in [0.15, 0.2) is 5.82 Å². The molecule has 1 aliphatic heterocycles. The number of carbonyl (C=O) groups is 2. The number of nitrogens with zero attached hydrogens (tertiary/aromatic N) is 3.